The number of nitriles is 1. The summed E-state index contributed by atoms with van der Waals surface area (Å²) < 4.78 is 0. The third kappa shape index (κ3) is 2.06. The van der Waals surface area contributed by atoms with Crippen molar-refractivity contribution in [2.45, 2.75) is 38.1 Å². The Bertz CT molecular complexity index is 563. The van der Waals surface area contributed by atoms with Crippen molar-refractivity contribution in [1.29, 1.82) is 5.26 Å². The zero-order chi connectivity index (χ0) is 13.5. The molecular weight excluding hydrogens is 248 g/mol. The Kier molecular flexibility index (Phi) is 2.89. The molecule has 2 aliphatic carbocycles. The highest BCUT2D eigenvalue weighted by molar-refractivity contribution is 5.57. The minimum atomic E-state index is 0.769. The van der Waals surface area contributed by atoms with Gasteiger partial charge in [0.15, 0.2) is 0 Å². The third-order valence-corrected chi connectivity index (χ3v) is 4.83. The fraction of sp³-hybridized carbons (Fsp3) is 0.625. The lowest BCUT2D eigenvalue weighted by atomic mass is 10.1. The van der Waals surface area contributed by atoms with Crippen LogP contribution in [0, 0.1) is 11.3 Å². The van der Waals surface area contributed by atoms with E-state index in [4.69, 9.17) is 4.98 Å². The van der Waals surface area contributed by atoms with Crippen molar-refractivity contribution < 1.29 is 0 Å². The molecule has 4 rings (SSSR count). The van der Waals surface area contributed by atoms with Crippen molar-refractivity contribution in [2.75, 3.05) is 31.1 Å². The van der Waals surface area contributed by atoms with Gasteiger partial charge in [-0.1, -0.05) is 0 Å². The van der Waals surface area contributed by atoms with Gasteiger partial charge in [-0.05, 0) is 43.7 Å². The second kappa shape index (κ2) is 4.75. The summed E-state index contributed by atoms with van der Waals surface area (Å²) in [5, 5.41) is 9.40. The number of aromatic nitrogens is 1. The second-order valence-corrected chi connectivity index (χ2v) is 6.18. The minimum absolute atomic E-state index is 0.769. The van der Waals surface area contributed by atoms with Gasteiger partial charge in [0.1, 0.15) is 11.9 Å². The third-order valence-electron chi connectivity index (χ3n) is 4.83. The van der Waals surface area contributed by atoms with Crippen LogP contribution in [0.5, 0.6) is 0 Å². The molecule has 1 saturated heterocycles. The predicted molar refractivity (Wildman–Crippen MR) is 77.8 cm³/mol. The first-order valence-electron chi connectivity index (χ1n) is 7.77. The highest BCUT2D eigenvalue weighted by Gasteiger charge is 2.32. The Hall–Kier alpha value is -1.60. The van der Waals surface area contributed by atoms with E-state index in [-0.39, 0.29) is 0 Å². The first-order valence-corrected chi connectivity index (χ1v) is 7.77. The number of piperazine rings is 1. The first-order chi connectivity index (χ1) is 9.85. The summed E-state index contributed by atoms with van der Waals surface area (Å²) in [5.41, 5.74) is 3.29. The monoisotopic (exact) mass is 268 g/mol. The lowest BCUT2D eigenvalue weighted by Gasteiger charge is -2.36. The molecule has 1 aliphatic heterocycles. The van der Waals surface area contributed by atoms with Crippen LogP contribution < -0.4 is 4.90 Å². The van der Waals surface area contributed by atoms with Crippen LogP contribution in [0.15, 0.2) is 6.07 Å². The van der Waals surface area contributed by atoms with Crippen LogP contribution >= 0.6 is 0 Å². The van der Waals surface area contributed by atoms with E-state index in [1.165, 1.54) is 30.5 Å². The van der Waals surface area contributed by atoms with Gasteiger partial charge in [0, 0.05) is 37.9 Å². The van der Waals surface area contributed by atoms with E-state index in [2.05, 4.69) is 21.9 Å². The van der Waals surface area contributed by atoms with Gasteiger partial charge in [-0.25, -0.2) is 4.98 Å². The van der Waals surface area contributed by atoms with Crippen molar-refractivity contribution in [2.24, 2.45) is 0 Å². The van der Waals surface area contributed by atoms with Crippen LogP contribution in [0.1, 0.15) is 36.1 Å². The summed E-state index contributed by atoms with van der Waals surface area (Å²) in [5.74, 6) is 0.934. The highest BCUT2D eigenvalue weighted by Crippen LogP contribution is 2.30. The van der Waals surface area contributed by atoms with Crippen molar-refractivity contribution in [1.82, 2.24) is 9.88 Å². The molecule has 4 heteroatoms. The molecule has 2 heterocycles. The van der Waals surface area contributed by atoms with Gasteiger partial charge in [0.25, 0.3) is 0 Å². The maximum atomic E-state index is 9.40. The quantitative estimate of drug-likeness (QED) is 0.819. The molecule has 0 radical (unpaired) electrons. The zero-order valence-corrected chi connectivity index (χ0v) is 11.8. The molecule has 0 bridgehead atoms. The van der Waals surface area contributed by atoms with Gasteiger partial charge in [-0.15, -0.1) is 0 Å². The molecule has 3 aliphatic rings. The second-order valence-electron chi connectivity index (χ2n) is 6.18. The van der Waals surface area contributed by atoms with E-state index in [1.807, 2.05) is 0 Å². The summed E-state index contributed by atoms with van der Waals surface area (Å²) in [6.07, 6.45) is 6.11. The van der Waals surface area contributed by atoms with E-state index in [1.54, 1.807) is 0 Å². The van der Waals surface area contributed by atoms with E-state index < -0.39 is 0 Å². The fourth-order valence-electron chi connectivity index (χ4n) is 3.52. The summed E-state index contributed by atoms with van der Waals surface area (Å²) >= 11 is 0. The molecule has 104 valence electrons. The van der Waals surface area contributed by atoms with E-state index in [0.29, 0.717) is 0 Å². The van der Waals surface area contributed by atoms with Crippen molar-refractivity contribution >= 4 is 5.82 Å². The van der Waals surface area contributed by atoms with Gasteiger partial charge in [-0.3, -0.25) is 4.90 Å². The van der Waals surface area contributed by atoms with Crippen LogP contribution in [0.3, 0.4) is 0 Å². The molecule has 0 spiro atoms. The number of aryl methyl sites for hydroxylation is 2. The largest absolute Gasteiger partial charge is 0.353 e. The standard InChI is InChI=1S/C16H20N4/c17-11-13-10-12-2-1-3-15(12)18-16(13)20-8-6-19(7-9-20)14-4-5-14/h10,14H,1-9H2. The minimum Gasteiger partial charge on any atom is -0.353 e. The van der Waals surface area contributed by atoms with E-state index >= 15 is 0 Å². The Labute approximate surface area is 120 Å². The van der Waals surface area contributed by atoms with Gasteiger partial charge in [0.05, 0.1) is 5.56 Å². The molecule has 1 aromatic heterocycles. The molecule has 0 unspecified atom stereocenters. The lowest BCUT2D eigenvalue weighted by Crippen LogP contribution is -2.47. The van der Waals surface area contributed by atoms with Gasteiger partial charge >= 0.3 is 0 Å². The molecule has 0 aromatic carbocycles. The molecule has 20 heavy (non-hydrogen) atoms. The number of nitrogens with zero attached hydrogens (tertiary/aromatic N) is 4. The summed E-state index contributed by atoms with van der Waals surface area (Å²) in [6, 6.07) is 5.28. The maximum Gasteiger partial charge on any atom is 0.146 e. The number of anilines is 1. The molecule has 0 N–H and O–H groups in total. The molecule has 0 amide bonds. The topological polar surface area (TPSA) is 43.2 Å². The number of hydrogen-bond acceptors (Lipinski definition) is 4. The number of fused-ring (bicyclic) bond motifs is 1. The Morgan fingerprint density at radius 2 is 1.95 bits per heavy atom. The van der Waals surface area contributed by atoms with Crippen LogP contribution in [0.25, 0.3) is 0 Å². The highest BCUT2D eigenvalue weighted by atomic mass is 15.3. The average molecular weight is 268 g/mol. The zero-order valence-electron chi connectivity index (χ0n) is 11.8. The lowest BCUT2D eigenvalue weighted by molar-refractivity contribution is 0.247. The van der Waals surface area contributed by atoms with Crippen molar-refractivity contribution in [3.63, 3.8) is 0 Å². The van der Waals surface area contributed by atoms with Crippen molar-refractivity contribution in [3.05, 3.63) is 22.9 Å². The first kappa shape index (κ1) is 12.2. The summed E-state index contributed by atoms with van der Waals surface area (Å²) in [4.78, 5) is 9.73. The number of rotatable bonds is 2. The van der Waals surface area contributed by atoms with Crippen LogP contribution in [0.4, 0.5) is 5.82 Å². The Morgan fingerprint density at radius 3 is 2.65 bits per heavy atom. The predicted octanol–water partition coefficient (Wildman–Crippen LogP) is 1.73. The van der Waals surface area contributed by atoms with Gasteiger partial charge < -0.3 is 4.90 Å². The van der Waals surface area contributed by atoms with E-state index in [9.17, 15) is 5.26 Å². The molecule has 1 aromatic rings. The number of hydrogen-bond donors (Lipinski definition) is 0. The average Bonchev–Trinajstić information content (AvgIpc) is 3.24. The van der Waals surface area contributed by atoms with Gasteiger partial charge in [0.2, 0.25) is 0 Å². The molecule has 0 atom stereocenters. The smallest absolute Gasteiger partial charge is 0.146 e. The Balaban J connectivity index is 1.57. The molecule has 4 nitrogen and oxygen atoms in total. The van der Waals surface area contributed by atoms with Crippen LogP contribution in [0.2, 0.25) is 0 Å². The van der Waals surface area contributed by atoms with Gasteiger partial charge in [-0.2, -0.15) is 5.26 Å². The normalized spacial score (nSPS) is 22.6. The molecule has 2 fully saturated rings. The van der Waals surface area contributed by atoms with Crippen LogP contribution in [-0.4, -0.2) is 42.1 Å². The summed E-state index contributed by atoms with van der Waals surface area (Å²) in [7, 11) is 0. The molecule has 1 saturated carbocycles. The SMILES string of the molecule is N#Cc1cc2c(nc1N1CCN(C3CC3)CC1)CCC2. The van der Waals surface area contributed by atoms with Crippen molar-refractivity contribution in [3.8, 4) is 6.07 Å². The molecular formula is C16H20N4. The van der Waals surface area contributed by atoms with Crippen LogP contribution in [-0.2, 0) is 12.8 Å². The summed E-state index contributed by atoms with van der Waals surface area (Å²) in [6.45, 7) is 4.26. The van der Waals surface area contributed by atoms with E-state index in [0.717, 1.165) is 56.4 Å². The Morgan fingerprint density at radius 1 is 1.15 bits per heavy atom. The number of pyridine rings is 1. The maximum absolute atomic E-state index is 9.40. The fourth-order valence-corrected chi connectivity index (χ4v) is 3.52.